The predicted octanol–water partition coefficient (Wildman–Crippen LogP) is 2.60. The van der Waals surface area contributed by atoms with E-state index in [1.807, 2.05) is 6.07 Å². The zero-order valence-corrected chi connectivity index (χ0v) is 11.9. The van der Waals surface area contributed by atoms with Gasteiger partial charge in [0, 0.05) is 30.9 Å². The number of anilines is 1. The lowest BCUT2D eigenvalue weighted by atomic mass is 10.0. The molecule has 4 nitrogen and oxygen atoms in total. The first kappa shape index (κ1) is 13.9. The molecule has 5 heteroatoms. The summed E-state index contributed by atoms with van der Waals surface area (Å²) in [5.41, 5.74) is 7.55. The number of aromatic nitrogens is 2. The van der Waals surface area contributed by atoms with Crippen molar-refractivity contribution in [3.8, 4) is 11.3 Å². The van der Waals surface area contributed by atoms with Crippen LogP contribution in [0.15, 0.2) is 36.5 Å². The van der Waals surface area contributed by atoms with E-state index in [2.05, 4.69) is 14.9 Å². The van der Waals surface area contributed by atoms with Crippen molar-refractivity contribution in [3.05, 3.63) is 42.3 Å². The molecule has 1 atom stereocenters. The van der Waals surface area contributed by atoms with E-state index in [0.717, 1.165) is 30.6 Å². The van der Waals surface area contributed by atoms with Crippen molar-refractivity contribution in [2.45, 2.75) is 25.3 Å². The van der Waals surface area contributed by atoms with Gasteiger partial charge in [0.2, 0.25) is 5.95 Å². The summed E-state index contributed by atoms with van der Waals surface area (Å²) >= 11 is 0. The minimum atomic E-state index is -0.243. The Bertz CT molecular complexity index is 599. The summed E-state index contributed by atoms with van der Waals surface area (Å²) in [4.78, 5) is 11.2. The highest BCUT2D eigenvalue weighted by molar-refractivity contribution is 5.60. The fourth-order valence-corrected chi connectivity index (χ4v) is 2.78. The van der Waals surface area contributed by atoms with Gasteiger partial charge in [0.05, 0.1) is 5.69 Å². The maximum atomic E-state index is 13.0. The molecule has 2 N–H and O–H groups in total. The molecule has 0 bridgehead atoms. The van der Waals surface area contributed by atoms with E-state index in [-0.39, 0.29) is 5.82 Å². The molecule has 1 aliphatic rings. The zero-order valence-electron chi connectivity index (χ0n) is 11.9. The van der Waals surface area contributed by atoms with Crippen LogP contribution in [-0.2, 0) is 0 Å². The third-order valence-corrected chi connectivity index (χ3v) is 3.94. The number of nitrogens with zero attached hydrogens (tertiary/aromatic N) is 3. The lowest BCUT2D eigenvalue weighted by Gasteiger charge is -2.35. The summed E-state index contributed by atoms with van der Waals surface area (Å²) in [6.45, 7) is 1.55. The van der Waals surface area contributed by atoms with Crippen LogP contribution < -0.4 is 10.6 Å². The van der Waals surface area contributed by atoms with Crippen LogP contribution in [0.5, 0.6) is 0 Å². The molecule has 0 aliphatic carbocycles. The van der Waals surface area contributed by atoms with E-state index in [9.17, 15) is 4.39 Å². The van der Waals surface area contributed by atoms with Gasteiger partial charge in [0.1, 0.15) is 5.82 Å². The van der Waals surface area contributed by atoms with Crippen molar-refractivity contribution in [3.63, 3.8) is 0 Å². The van der Waals surface area contributed by atoms with Crippen LogP contribution in [0.4, 0.5) is 10.3 Å². The highest BCUT2D eigenvalue weighted by Crippen LogP contribution is 2.24. The number of piperidine rings is 1. The third kappa shape index (κ3) is 3.03. The average molecular weight is 286 g/mol. The Labute approximate surface area is 123 Å². The van der Waals surface area contributed by atoms with Gasteiger partial charge < -0.3 is 10.6 Å². The normalized spacial score (nSPS) is 18.8. The van der Waals surface area contributed by atoms with Crippen molar-refractivity contribution in [1.82, 2.24) is 9.97 Å². The first-order valence-corrected chi connectivity index (χ1v) is 7.33. The Morgan fingerprint density at radius 3 is 2.76 bits per heavy atom. The second-order valence-corrected chi connectivity index (χ2v) is 5.33. The number of hydrogen-bond donors (Lipinski definition) is 1. The Hall–Kier alpha value is -2.01. The van der Waals surface area contributed by atoms with Gasteiger partial charge in [-0.15, -0.1) is 0 Å². The largest absolute Gasteiger partial charge is 0.337 e. The fraction of sp³-hybridized carbons (Fsp3) is 0.375. The van der Waals surface area contributed by atoms with Crippen LogP contribution in [-0.4, -0.2) is 29.1 Å². The monoisotopic (exact) mass is 286 g/mol. The molecule has 1 fully saturated rings. The first-order valence-electron chi connectivity index (χ1n) is 7.33. The molecule has 2 heterocycles. The standard InChI is InChI=1S/C16H19FN4/c17-13-6-4-12(5-7-13)15-8-9-19-16(20-15)21-10-2-1-3-14(21)11-18/h4-9,14H,1-3,10-11,18H2. The lowest BCUT2D eigenvalue weighted by Crippen LogP contribution is -2.45. The topological polar surface area (TPSA) is 55.0 Å². The summed E-state index contributed by atoms with van der Waals surface area (Å²) in [7, 11) is 0. The van der Waals surface area contributed by atoms with E-state index in [0.29, 0.717) is 18.5 Å². The molecule has 2 aromatic rings. The van der Waals surface area contributed by atoms with Gasteiger partial charge in [-0.05, 0) is 49.6 Å². The zero-order chi connectivity index (χ0) is 14.7. The van der Waals surface area contributed by atoms with Crippen LogP contribution in [0.25, 0.3) is 11.3 Å². The molecule has 0 saturated carbocycles. The second kappa shape index (κ2) is 6.18. The molecule has 1 aromatic heterocycles. The first-order chi connectivity index (χ1) is 10.3. The molecule has 0 radical (unpaired) electrons. The van der Waals surface area contributed by atoms with E-state index in [1.54, 1.807) is 18.3 Å². The molecule has 0 spiro atoms. The molecular formula is C16H19FN4. The van der Waals surface area contributed by atoms with Gasteiger partial charge in [0.15, 0.2) is 0 Å². The van der Waals surface area contributed by atoms with Crippen molar-refractivity contribution < 1.29 is 4.39 Å². The SMILES string of the molecule is NCC1CCCCN1c1nccc(-c2ccc(F)cc2)n1. The van der Waals surface area contributed by atoms with E-state index < -0.39 is 0 Å². The molecule has 1 unspecified atom stereocenters. The number of halogens is 1. The quantitative estimate of drug-likeness (QED) is 0.942. The smallest absolute Gasteiger partial charge is 0.226 e. The Morgan fingerprint density at radius 2 is 2.00 bits per heavy atom. The second-order valence-electron chi connectivity index (χ2n) is 5.33. The maximum Gasteiger partial charge on any atom is 0.226 e. The number of nitrogens with two attached hydrogens (primary N) is 1. The van der Waals surface area contributed by atoms with E-state index >= 15 is 0 Å². The van der Waals surface area contributed by atoms with E-state index in [4.69, 9.17) is 5.73 Å². The maximum absolute atomic E-state index is 13.0. The highest BCUT2D eigenvalue weighted by atomic mass is 19.1. The molecule has 0 amide bonds. The third-order valence-electron chi connectivity index (χ3n) is 3.94. The predicted molar refractivity (Wildman–Crippen MR) is 81.5 cm³/mol. The summed E-state index contributed by atoms with van der Waals surface area (Å²) < 4.78 is 13.0. The number of rotatable bonds is 3. The van der Waals surface area contributed by atoms with Crippen LogP contribution in [0.1, 0.15) is 19.3 Å². The van der Waals surface area contributed by atoms with Gasteiger partial charge in [-0.1, -0.05) is 0 Å². The average Bonchev–Trinajstić information content (AvgIpc) is 2.55. The number of hydrogen-bond acceptors (Lipinski definition) is 4. The van der Waals surface area contributed by atoms with Gasteiger partial charge in [-0.3, -0.25) is 0 Å². The van der Waals surface area contributed by atoms with Gasteiger partial charge in [-0.25, -0.2) is 14.4 Å². The summed E-state index contributed by atoms with van der Waals surface area (Å²) in [5.74, 6) is 0.472. The summed E-state index contributed by atoms with van der Waals surface area (Å²) in [5, 5.41) is 0. The molecule has 21 heavy (non-hydrogen) atoms. The lowest BCUT2D eigenvalue weighted by molar-refractivity contribution is 0.458. The number of benzene rings is 1. The Morgan fingerprint density at radius 1 is 1.19 bits per heavy atom. The summed E-state index contributed by atoms with van der Waals surface area (Å²) in [6.07, 6.45) is 5.18. The van der Waals surface area contributed by atoms with Crippen LogP contribution >= 0.6 is 0 Å². The molecular weight excluding hydrogens is 267 g/mol. The molecule has 3 rings (SSSR count). The van der Waals surface area contributed by atoms with Crippen LogP contribution in [0.2, 0.25) is 0 Å². The molecule has 1 aromatic carbocycles. The van der Waals surface area contributed by atoms with Crippen molar-refractivity contribution in [2.24, 2.45) is 5.73 Å². The minimum Gasteiger partial charge on any atom is -0.337 e. The van der Waals surface area contributed by atoms with Crippen molar-refractivity contribution in [2.75, 3.05) is 18.0 Å². The van der Waals surface area contributed by atoms with Crippen LogP contribution in [0.3, 0.4) is 0 Å². The van der Waals surface area contributed by atoms with E-state index in [1.165, 1.54) is 18.6 Å². The Kier molecular flexibility index (Phi) is 4.10. The van der Waals surface area contributed by atoms with Gasteiger partial charge in [-0.2, -0.15) is 0 Å². The molecule has 1 saturated heterocycles. The summed E-state index contributed by atoms with van der Waals surface area (Å²) in [6, 6.07) is 8.51. The minimum absolute atomic E-state index is 0.243. The van der Waals surface area contributed by atoms with Crippen molar-refractivity contribution in [1.29, 1.82) is 0 Å². The molecule has 110 valence electrons. The van der Waals surface area contributed by atoms with Crippen LogP contribution in [0, 0.1) is 5.82 Å². The Balaban J connectivity index is 1.90. The highest BCUT2D eigenvalue weighted by Gasteiger charge is 2.23. The van der Waals surface area contributed by atoms with Gasteiger partial charge >= 0.3 is 0 Å². The fourth-order valence-electron chi connectivity index (χ4n) is 2.78. The van der Waals surface area contributed by atoms with Gasteiger partial charge in [0.25, 0.3) is 0 Å². The van der Waals surface area contributed by atoms with Crippen molar-refractivity contribution >= 4 is 5.95 Å². The molecule has 1 aliphatic heterocycles.